The lowest BCUT2D eigenvalue weighted by Gasteiger charge is -2.22. The maximum atomic E-state index is 11.6. The highest BCUT2D eigenvalue weighted by Crippen LogP contribution is 2.06. The van der Waals surface area contributed by atoms with E-state index in [-0.39, 0.29) is 12.0 Å². The smallest absolute Gasteiger partial charge is 0.223 e. The van der Waals surface area contributed by atoms with Crippen molar-refractivity contribution in [3.8, 4) is 0 Å². The van der Waals surface area contributed by atoms with Crippen LogP contribution in [0, 0.1) is 6.92 Å². The second-order valence-electron chi connectivity index (χ2n) is 4.19. The van der Waals surface area contributed by atoms with Gasteiger partial charge in [0.15, 0.2) is 0 Å². The Bertz CT molecular complexity index is 370. The molecule has 1 atom stereocenters. The van der Waals surface area contributed by atoms with Gasteiger partial charge in [-0.05, 0) is 19.1 Å². The molecule has 1 aliphatic rings. The van der Waals surface area contributed by atoms with Crippen LogP contribution >= 0.6 is 0 Å². The quantitative estimate of drug-likeness (QED) is 0.805. The van der Waals surface area contributed by atoms with E-state index in [1.165, 1.54) is 0 Å². The number of furan rings is 1. The van der Waals surface area contributed by atoms with E-state index < -0.39 is 0 Å². The van der Waals surface area contributed by atoms with Crippen LogP contribution < -0.4 is 10.6 Å². The summed E-state index contributed by atoms with van der Waals surface area (Å²) in [6.45, 7) is 4.60. The first-order valence-electron chi connectivity index (χ1n) is 5.88. The highest BCUT2D eigenvalue weighted by atomic mass is 16.5. The third kappa shape index (κ3) is 3.87. The third-order valence-electron chi connectivity index (χ3n) is 2.67. The van der Waals surface area contributed by atoms with Gasteiger partial charge in [0.05, 0.1) is 25.7 Å². The van der Waals surface area contributed by atoms with Gasteiger partial charge in [0.25, 0.3) is 0 Å². The highest BCUT2D eigenvalue weighted by Gasteiger charge is 2.17. The van der Waals surface area contributed by atoms with Crippen molar-refractivity contribution < 1.29 is 13.9 Å². The van der Waals surface area contributed by atoms with Crippen LogP contribution in [0.25, 0.3) is 0 Å². The molecule has 5 heteroatoms. The normalized spacial score (nSPS) is 20.2. The Hall–Kier alpha value is -1.33. The molecule has 0 radical (unpaired) electrons. The molecule has 1 saturated heterocycles. The van der Waals surface area contributed by atoms with Gasteiger partial charge in [0, 0.05) is 13.1 Å². The second kappa shape index (κ2) is 5.84. The lowest BCUT2D eigenvalue weighted by molar-refractivity contribution is -0.124. The molecule has 5 nitrogen and oxygen atoms in total. The van der Waals surface area contributed by atoms with Crippen molar-refractivity contribution in [3.05, 3.63) is 23.7 Å². The van der Waals surface area contributed by atoms with Gasteiger partial charge in [-0.15, -0.1) is 0 Å². The molecular formula is C12H18N2O3. The average molecular weight is 238 g/mol. The molecule has 1 aromatic heterocycles. The van der Waals surface area contributed by atoms with E-state index >= 15 is 0 Å². The Morgan fingerprint density at radius 1 is 1.59 bits per heavy atom. The summed E-state index contributed by atoms with van der Waals surface area (Å²) in [5.74, 6) is 1.63. The topological polar surface area (TPSA) is 63.5 Å². The van der Waals surface area contributed by atoms with Gasteiger partial charge in [0.1, 0.15) is 11.5 Å². The van der Waals surface area contributed by atoms with Crippen molar-refractivity contribution in [1.29, 1.82) is 0 Å². The van der Waals surface area contributed by atoms with Crippen molar-refractivity contribution in [2.75, 3.05) is 19.7 Å². The Morgan fingerprint density at radius 3 is 3.12 bits per heavy atom. The maximum absolute atomic E-state index is 11.6. The number of aryl methyl sites for hydroxylation is 1. The highest BCUT2D eigenvalue weighted by molar-refractivity contribution is 5.76. The Kier molecular flexibility index (Phi) is 4.17. The van der Waals surface area contributed by atoms with Gasteiger partial charge < -0.3 is 19.8 Å². The van der Waals surface area contributed by atoms with Crippen LogP contribution in [-0.4, -0.2) is 31.7 Å². The fourth-order valence-electron chi connectivity index (χ4n) is 1.80. The molecule has 2 rings (SSSR count). The molecular weight excluding hydrogens is 220 g/mol. The minimum atomic E-state index is -0.0120. The van der Waals surface area contributed by atoms with Crippen LogP contribution in [-0.2, 0) is 16.1 Å². The summed E-state index contributed by atoms with van der Waals surface area (Å²) >= 11 is 0. The van der Waals surface area contributed by atoms with E-state index in [2.05, 4.69) is 10.6 Å². The van der Waals surface area contributed by atoms with Crippen molar-refractivity contribution >= 4 is 5.91 Å². The van der Waals surface area contributed by atoms with E-state index in [0.717, 1.165) is 24.6 Å². The van der Waals surface area contributed by atoms with E-state index in [1.807, 2.05) is 19.1 Å². The molecule has 0 bridgehead atoms. The van der Waals surface area contributed by atoms with E-state index in [0.29, 0.717) is 19.6 Å². The summed E-state index contributed by atoms with van der Waals surface area (Å²) in [4.78, 5) is 11.6. The lowest BCUT2D eigenvalue weighted by atomic mass is 10.2. The zero-order chi connectivity index (χ0) is 12.1. The minimum absolute atomic E-state index is 0.00671. The zero-order valence-corrected chi connectivity index (χ0v) is 9.99. The first-order chi connectivity index (χ1) is 8.24. The van der Waals surface area contributed by atoms with E-state index in [9.17, 15) is 4.79 Å². The van der Waals surface area contributed by atoms with Gasteiger partial charge in [-0.25, -0.2) is 0 Å². The zero-order valence-electron chi connectivity index (χ0n) is 9.99. The number of carbonyl (C=O) groups is 1. The molecule has 0 aliphatic carbocycles. The molecule has 1 aromatic rings. The fourth-order valence-corrected chi connectivity index (χ4v) is 1.80. The molecule has 0 spiro atoms. The molecule has 1 amide bonds. The number of hydrogen-bond acceptors (Lipinski definition) is 4. The Morgan fingerprint density at radius 2 is 2.47 bits per heavy atom. The van der Waals surface area contributed by atoms with Gasteiger partial charge in [-0.1, -0.05) is 0 Å². The summed E-state index contributed by atoms with van der Waals surface area (Å²) in [5, 5.41) is 6.01. The van der Waals surface area contributed by atoms with E-state index in [1.54, 1.807) is 0 Å². The number of rotatable bonds is 4. The summed E-state index contributed by atoms with van der Waals surface area (Å²) in [6, 6.07) is 3.75. The largest absolute Gasteiger partial charge is 0.465 e. The number of hydrogen-bond donors (Lipinski definition) is 2. The first kappa shape index (κ1) is 12.1. The monoisotopic (exact) mass is 238 g/mol. The van der Waals surface area contributed by atoms with Crippen molar-refractivity contribution in [2.24, 2.45) is 0 Å². The number of carbonyl (C=O) groups excluding carboxylic acids is 1. The number of ether oxygens (including phenoxy) is 1. The van der Waals surface area contributed by atoms with Crippen LogP contribution in [0.4, 0.5) is 0 Å². The van der Waals surface area contributed by atoms with Gasteiger partial charge in [-0.3, -0.25) is 4.79 Å². The van der Waals surface area contributed by atoms with Gasteiger partial charge in [0.2, 0.25) is 5.91 Å². The van der Waals surface area contributed by atoms with Gasteiger partial charge in [-0.2, -0.15) is 0 Å². The summed E-state index contributed by atoms with van der Waals surface area (Å²) < 4.78 is 10.8. The van der Waals surface area contributed by atoms with Crippen LogP contribution in [0.15, 0.2) is 16.5 Å². The SMILES string of the molecule is Cc1ccc(CNC(=O)CC2CNCCO2)o1. The summed E-state index contributed by atoms with van der Waals surface area (Å²) in [5.41, 5.74) is 0. The van der Waals surface area contributed by atoms with Crippen molar-refractivity contribution in [2.45, 2.75) is 26.0 Å². The predicted molar refractivity (Wildman–Crippen MR) is 62.5 cm³/mol. The molecule has 2 N–H and O–H groups in total. The summed E-state index contributed by atoms with van der Waals surface area (Å²) in [6.07, 6.45) is 0.384. The third-order valence-corrected chi connectivity index (χ3v) is 2.67. The van der Waals surface area contributed by atoms with Crippen LogP contribution in [0.3, 0.4) is 0 Å². The molecule has 0 saturated carbocycles. The fraction of sp³-hybridized carbons (Fsp3) is 0.583. The number of nitrogens with one attached hydrogen (secondary N) is 2. The number of amides is 1. The van der Waals surface area contributed by atoms with Crippen LogP contribution in [0.1, 0.15) is 17.9 Å². The van der Waals surface area contributed by atoms with Crippen LogP contribution in [0.2, 0.25) is 0 Å². The summed E-state index contributed by atoms with van der Waals surface area (Å²) in [7, 11) is 0. The molecule has 1 fully saturated rings. The molecule has 2 heterocycles. The standard InChI is InChI=1S/C12H18N2O3/c1-9-2-3-10(17-9)8-14-12(15)6-11-7-13-4-5-16-11/h2-3,11,13H,4-8H2,1H3,(H,14,15). The molecule has 0 aromatic carbocycles. The minimum Gasteiger partial charge on any atom is -0.465 e. The van der Waals surface area contributed by atoms with Crippen molar-refractivity contribution in [1.82, 2.24) is 10.6 Å². The average Bonchev–Trinajstić information content (AvgIpc) is 2.74. The number of morpholine rings is 1. The van der Waals surface area contributed by atoms with Crippen LogP contribution in [0.5, 0.6) is 0 Å². The predicted octanol–water partition coefficient (Wildman–Crippen LogP) is 0.583. The maximum Gasteiger partial charge on any atom is 0.223 e. The second-order valence-corrected chi connectivity index (χ2v) is 4.19. The first-order valence-corrected chi connectivity index (χ1v) is 5.88. The molecule has 17 heavy (non-hydrogen) atoms. The Balaban J connectivity index is 1.70. The Labute approximate surface area is 101 Å². The molecule has 1 aliphatic heterocycles. The van der Waals surface area contributed by atoms with E-state index in [4.69, 9.17) is 9.15 Å². The molecule has 94 valence electrons. The van der Waals surface area contributed by atoms with Gasteiger partial charge >= 0.3 is 0 Å². The lowest BCUT2D eigenvalue weighted by Crippen LogP contribution is -2.41. The molecule has 1 unspecified atom stereocenters. The van der Waals surface area contributed by atoms with Crippen molar-refractivity contribution in [3.63, 3.8) is 0 Å².